The molecule has 1 aromatic heterocycles. The lowest BCUT2D eigenvalue weighted by Gasteiger charge is -2.15. The number of benzene rings is 1. The zero-order valence-electron chi connectivity index (χ0n) is 10.6. The smallest absolute Gasteiger partial charge is 0.0704 e. The third-order valence-electron chi connectivity index (χ3n) is 3.00. The average Bonchev–Trinajstić information content (AvgIpc) is 2.28. The Morgan fingerprint density at radius 3 is 2.71 bits per heavy atom. The van der Waals surface area contributed by atoms with Crippen molar-refractivity contribution in [2.24, 2.45) is 11.7 Å². The molecule has 2 heteroatoms. The van der Waals surface area contributed by atoms with Crippen molar-refractivity contribution in [1.29, 1.82) is 0 Å². The van der Waals surface area contributed by atoms with Crippen LogP contribution in [0.3, 0.4) is 0 Å². The van der Waals surface area contributed by atoms with E-state index in [1.807, 2.05) is 18.3 Å². The van der Waals surface area contributed by atoms with Crippen molar-refractivity contribution in [1.82, 2.24) is 4.98 Å². The van der Waals surface area contributed by atoms with E-state index in [0.29, 0.717) is 5.92 Å². The molecule has 2 N–H and O–H groups in total. The van der Waals surface area contributed by atoms with E-state index in [2.05, 4.69) is 37.0 Å². The van der Waals surface area contributed by atoms with Crippen LogP contribution in [0.5, 0.6) is 0 Å². The van der Waals surface area contributed by atoms with Crippen LogP contribution in [0.1, 0.15) is 25.8 Å². The molecule has 0 bridgehead atoms. The summed E-state index contributed by atoms with van der Waals surface area (Å²) in [7, 11) is 0. The van der Waals surface area contributed by atoms with E-state index in [-0.39, 0.29) is 6.04 Å². The summed E-state index contributed by atoms with van der Waals surface area (Å²) in [6, 6.07) is 10.6. The number of para-hydroxylation sites is 1. The first kappa shape index (κ1) is 12.1. The topological polar surface area (TPSA) is 38.9 Å². The van der Waals surface area contributed by atoms with Crippen LogP contribution >= 0.6 is 0 Å². The summed E-state index contributed by atoms with van der Waals surface area (Å²) in [5.41, 5.74) is 8.54. The molecule has 0 radical (unpaired) electrons. The van der Waals surface area contributed by atoms with Gasteiger partial charge in [0, 0.05) is 17.6 Å². The van der Waals surface area contributed by atoms with Crippen LogP contribution in [0.15, 0.2) is 36.5 Å². The van der Waals surface area contributed by atoms with Gasteiger partial charge in [0.2, 0.25) is 0 Å². The Morgan fingerprint density at radius 1 is 1.18 bits per heavy atom. The second-order valence-electron chi connectivity index (χ2n) is 5.08. The molecule has 0 spiro atoms. The number of rotatable bonds is 4. The lowest BCUT2D eigenvalue weighted by atomic mass is 9.96. The predicted molar refractivity (Wildman–Crippen MR) is 72.9 cm³/mol. The molecule has 1 aromatic carbocycles. The average molecular weight is 228 g/mol. The first-order valence-electron chi connectivity index (χ1n) is 6.25. The van der Waals surface area contributed by atoms with Crippen LogP contribution in [0.2, 0.25) is 0 Å². The molecule has 0 aliphatic rings. The summed E-state index contributed by atoms with van der Waals surface area (Å²) in [6.45, 7) is 4.43. The highest BCUT2D eigenvalue weighted by Crippen LogP contribution is 2.18. The molecule has 0 saturated heterocycles. The summed E-state index contributed by atoms with van der Waals surface area (Å²) >= 11 is 0. The minimum Gasteiger partial charge on any atom is -0.327 e. The van der Waals surface area contributed by atoms with E-state index >= 15 is 0 Å². The lowest BCUT2D eigenvalue weighted by molar-refractivity contribution is 0.494. The monoisotopic (exact) mass is 228 g/mol. The van der Waals surface area contributed by atoms with E-state index in [1.165, 1.54) is 10.9 Å². The lowest BCUT2D eigenvalue weighted by Crippen LogP contribution is -2.24. The Labute approximate surface area is 103 Å². The van der Waals surface area contributed by atoms with Gasteiger partial charge in [-0.05, 0) is 36.5 Å². The number of aromatic nitrogens is 1. The highest BCUT2D eigenvalue weighted by Gasteiger charge is 2.09. The van der Waals surface area contributed by atoms with Crippen LogP contribution in [0, 0.1) is 5.92 Å². The second kappa shape index (κ2) is 5.28. The molecule has 0 amide bonds. The molecule has 0 aliphatic carbocycles. The fourth-order valence-electron chi connectivity index (χ4n) is 2.30. The van der Waals surface area contributed by atoms with E-state index in [9.17, 15) is 0 Å². The van der Waals surface area contributed by atoms with Gasteiger partial charge in [-0.25, -0.2) is 0 Å². The molecule has 90 valence electrons. The van der Waals surface area contributed by atoms with Gasteiger partial charge in [0.1, 0.15) is 0 Å². The fourth-order valence-corrected chi connectivity index (χ4v) is 2.30. The number of fused-ring (bicyclic) bond motifs is 1. The van der Waals surface area contributed by atoms with Crippen molar-refractivity contribution in [3.05, 3.63) is 42.1 Å². The van der Waals surface area contributed by atoms with Crippen molar-refractivity contribution in [3.63, 3.8) is 0 Å². The first-order valence-corrected chi connectivity index (χ1v) is 6.25. The Balaban J connectivity index is 2.24. The van der Waals surface area contributed by atoms with Crippen molar-refractivity contribution in [2.75, 3.05) is 0 Å². The van der Waals surface area contributed by atoms with Gasteiger partial charge < -0.3 is 5.73 Å². The molecule has 2 rings (SSSR count). The van der Waals surface area contributed by atoms with Crippen LogP contribution in [-0.4, -0.2) is 11.0 Å². The Bertz CT molecular complexity index is 486. The number of nitrogens with zero attached hydrogens (tertiary/aromatic N) is 1. The fraction of sp³-hybridized carbons (Fsp3) is 0.400. The maximum atomic E-state index is 6.18. The molecule has 2 aromatic rings. The maximum Gasteiger partial charge on any atom is 0.0704 e. The van der Waals surface area contributed by atoms with Crippen molar-refractivity contribution in [2.45, 2.75) is 32.7 Å². The van der Waals surface area contributed by atoms with Gasteiger partial charge in [-0.3, -0.25) is 4.98 Å². The van der Waals surface area contributed by atoms with E-state index in [4.69, 9.17) is 5.73 Å². The standard InChI is InChI=1S/C15H20N2/c1-11(2)9-13(16)10-12-7-8-17-15-6-4-3-5-14(12)15/h3-8,11,13H,9-10,16H2,1-2H3. The zero-order valence-corrected chi connectivity index (χ0v) is 10.6. The van der Waals surface area contributed by atoms with E-state index in [1.54, 1.807) is 0 Å². The SMILES string of the molecule is CC(C)CC(N)Cc1ccnc2ccccc12. The Kier molecular flexibility index (Phi) is 3.75. The van der Waals surface area contributed by atoms with E-state index in [0.717, 1.165) is 18.4 Å². The van der Waals surface area contributed by atoms with Crippen molar-refractivity contribution < 1.29 is 0 Å². The van der Waals surface area contributed by atoms with Crippen LogP contribution < -0.4 is 5.73 Å². The number of pyridine rings is 1. The van der Waals surface area contributed by atoms with Gasteiger partial charge in [-0.15, -0.1) is 0 Å². The third kappa shape index (κ3) is 3.04. The quantitative estimate of drug-likeness (QED) is 0.873. The minimum absolute atomic E-state index is 0.237. The van der Waals surface area contributed by atoms with Crippen molar-refractivity contribution in [3.8, 4) is 0 Å². The summed E-state index contributed by atoms with van der Waals surface area (Å²) in [5.74, 6) is 0.651. The highest BCUT2D eigenvalue weighted by molar-refractivity contribution is 5.81. The third-order valence-corrected chi connectivity index (χ3v) is 3.00. The Morgan fingerprint density at radius 2 is 1.94 bits per heavy atom. The Hall–Kier alpha value is -1.41. The summed E-state index contributed by atoms with van der Waals surface area (Å²) in [5, 5.41) is 1.23. The van der Waals surface area contributed by atoms with Gasteiger partial charge in [0.25, 0.3) is 0 Å². The number of nitrogens with two attached hydrogens (primary N) is 1. The number of hydrogen-bond donors (Lipinski definition) is 1. The van der Waals surface area contributed by atoms with Gasteiger partial charge >= 0.3 is 0 Å². The van der Waals surface area contributed by atoms with Gasteiger partial charge in [-0.2, -0.15) is 0 Å². The minimum atomic E-state index is 0.237. The molecular formula is C15H20N2. The molecule has 1 atom stereocenters. The van der Waals surface area contributed by atoms with Crippen LogP contribution in [-0.2, 0) is 6.42 Å². The van der Waals surface area contributed by atoms with Gasteiger partial charge in [0.15, 0.2) is 0 Å². The highest BCUT2D eigenvalue weighted by atomic mass is 14.7. The molecule has 17 heavy (non-hydrogen) atoms. The molecule has 0 fully saturated rings. The van der Waals surface area contributed by atoms with Crippen LogP contribution in [0.25, 0.3) is 10.9 Å². The van der Waals surface area contributed by atoms with Crippen molar-refractivity contribution >= 4 is 10.9 Å². The van der Waals surface area contributed by atoms with Crippen LogP contribution in [0.4, 0.5) is 0 Å². The molecule has 0 saturated carbocycles. The molecule has 1 unspecified atom stereocenters. The summed E-state index contributed by atoms with van der Waals surface area (Å²) < 4.78 is 0. The van der Waals surface area contributed by atoms with E-state index < -0.39 is 0 Å². The van der Waals surface area contributed by atoms with Gasteiger partial charge in [-0.1, -0.05) is 32.0 Å². The number of hydrogen-bond acceptors (Lipinski definition) is 2. The first-order chi connectivity index (χ1) is 8.16. The second-order valence-corrected chi connectivity index (χ2v) is 5.08. The normalized spacial score (nSPS) is 13.2. The van der Waals surface area contributed by atoms with Gasteiger partial charge in [0.05, 0.1) is 5.52 Å². The molecule has 0 aliphatic heterocycles. The largest absolute Gasteiger partial charge is 0.327 e. The maximum absolute atomic E-state index is 6.18. The summed E-state index contributed by atoms with van der Waals surface area (Å²) in [4.78, 5) is 4.37. The summed E-state index contributed by atoms with van der Waals surface area (Å²) in [6.07, 6.45) is 3.87. The molecular weight excluding hydrogens is 208 g/mol. The molecule has 1 heterocycles. The predicted octanol–water partition coefficient (Wildman–Crippen LogP) is 3.15. The zero-order chi connectivity index (χ0) is 12.3. The molecule has 2 nitrogen and oxygen atoms in total.